The second-order valence-corrected chi connectivity index (χ2v) is 6.99. The highest BCUT2D eigenvalue weighted by Crippen LogP contribution is 2.33. The number of nitrogens with one attached hydrogen (secondary N) is 1. The van der Waals surface area contributed by atoms with Gasteiger partial charge in [-0.3, -0.25) is 4.79 Å². The van der Waals surface area contributed by atoms with Crippen LogP contribution in [0.4, 0.5) is 0 Å². The highest BCUT2D eigenvalue weighted by atomic mass is 35.5. The van der Waals surface area contributed by atoms with Crippen molar-refractivity contribution in [3.8, 4) is 10.6 Å². The number of nitrogens with zero attached hydrogens (tertiary/aromatic N) is 1. The zero-order valence-electron chi connectivity index (χ0n) is 12.1. The number of hydrogen-bond acceptors (Lipinski definition) is 4. The highest BCUT2D eigenvalue weighted by molar-refractivity contribution is 7.13. The number of nitrogens with two attached hydrogens (primary N) is 1. The van der Waals surface area contributed by atoms with Crippen LogP contribution in [0.5, 0.6) is 0 Å². The molecule has 1 heterocycles. The van der Waals surface area contributed by atoms with E-state index in [1.54, 1.807) is 17.5 Å². The van der Waals surface area contributed by atoms with Gasteiger partial charge in [0.25, 0.3) is 5.91 Å². The first-order valence-electron chi connectivity index (χ1n) is 7.00. The Kier molecular flexibility index (Phi) is 6.28. The predicted molar refractivity (Wildman–Crippen MR) is 97.9 cm³/mol. The highest BCUT2D eigenvalue weighted by Gasteiger charge is 2.31. The SMILES string of the molecule is Cl.NCC(NC(=O)c1csc(-c2ccc(Cl)c(Cl)c2)n1)C1CC1. The number of thiazole rings is 1. The summed E-state index contributed by atoms with van der Waals surface area (Å²) in [5, 5.41) is 6.41. The molecule has 23 heavy (non-hydrogen) atoms. The lowest BCUT2D eigenvalue weighted by atomic mass is 10.2. The van der Waals surface area contributed by atoms with Gasteiger partial charge in [0.15, 0.2) is 0 Å². The summed E-state index contributed by atoms with van der Waals surface area (Å²) in [7, 11) is 0. The molecule has 2 aromatic rings. The van der Waals surface area contributed by atoms with Crippen molar-refractivity contribution < 1.29 is 4.79 Å². The molecular formula is C15H16Cl3N3OS. The molecule has 8 heteroatoms. The standard InChI is InChI=1S/C15H15Cl2N3OS.ClH/c16-10-4-3-9(5-11(10)17)15-20-13(7-22-15)14(21)19-12(6-18)8-1-2-8;/h3-5,7-8,12H,1-2,6,18H2,(H,19,21);1H. The predicted octanol–water partition coefficient (Wildman–Crippen LogP) is 4.01. The average Bonchev–Trinajstić information content (AvgIpc) is 3.23. The van der Waals surface area contributed by atoms with Crippen LogP contribution in [0.25, 0.3) is 10.6 Å². The summed E-state index contributed by atoms with van der Waals surface area (Å²) in [6, 6.07) is 5.35. The van der Waals surface area contributed by atoms with Crippen LogP contribution in [0, 0.1) is 5.92 Å². The first-order valence-corrected chi connectivity index (χ1v) is 8.64. The summed E-state index contributed by atoms with van der Waals surface area (Å²) in [6.45, 7) is 0.459. The molecule has 1 aliphatic carbocycles. The molecular weight excluding hydrogens is 377 g/mol. The molecule has 3 rings (SSSR count). The van der Waals surface area contributed by atoms with Gasteiger partial charge in [-0.2, -0.15) is 0 Å². The van der Waals surface area contributed by atoms with Crippen molar-refractivity contribution in [3.05, 3.63) is 39.3 Å². The lowest BCUT2D eigenvalue weighted by Crippen LogP contribution is -2.41. The van der Waals surface area contributed by atoms with Gasteiger partial charge < -0.3 is 11.1 Å². The third kappa shape index (κ3) is 4.37. The lowest BCUT2D eigenvalue weighted by molar-refractivity contribution is 0.0929. The van der Waals surface area contributed by atoms with Crippen LogP contribution >= 0.6 is 46.9 Å². The van der Waals surface area contributed by atoms with Crippen molar-refractivity contribution in [1.82, 2.24) is 10.3 Å². The van der Waals surface area contributed by atoms with Crippen LogP contribution < -0.4 is 11.1 Å². The maximum absolute atomic E-state index is 12.2. The van der Waals surface area contributed by atoms with E-state index in [9.17, 15) is 4.79 Å². The molecule has 1 aliphatic rings. The van der Waals surface area contributed by atoms with Crippen LogP contribution in [-0.4, -0.2) is 23.5 Å². The second kappa shape index (κ2) is 7.81. The molecule has 124 valence electrons. The van der Waals surface area contributed by atoms with E-state index >= 15 is 0 Å². The van der Waals surface area contributed by atoms with E-state index in [-0.39, 0.29) is 24.4 Å². The molecule has 1 unspecified atom stereocenters. The summed E-state index contributed by atoms with van der Waals surface area (Å²) in [5.74, 6) is 0.340. The molecule has 1 atom stereocenters. The molecule has 0 aliphatic heterocycles. The summed E-state index contributed by atoms with van der Waals surface area (Å²) in [4.78, 5) is 16.6. The Balaban J connectivity index is 0.00000192. The maximum Gasteiger partial charge on any atom is 0.271 e. The maximum atomic E-state index is 12.2. The van der Waals surface area contributed by atoms with E-state index in [1.807, 2.05) is 6.07 Å². The van der Waals surface area contributed by atoms with E-state index in [2.05, 4.69) is 10.3 Å². The normalized spacial score (nSPS) is 14.9. The van der Waals surface area contributed by atoms with Gasteiger partial charge in [0.1, 0.15) is 10.7 Å². The molecule has 0 saturated heterocycles. The fraction of sp³-hybridized carbons (Fsp3) is 0.333. The number of rotatable bonds is 5. The van der Waals surface area contributed by atoms with Gasteiger partial charge in [0.2, 0.25) is 0 Å². The monoisotopic (exact) mass is 391 g/mol. The van der Waals surface area contributed by atoms with Gasteiger partial charge in [0, 0.05) is 23.5 Å². The molecule has 1 saturated carbocycles. The Morgan fingerprint density at radius 2 is 2.13 bits per heavy atom. The van der Waals surface area contributed by atoms with E-state index in [0.717, 1.165) is 23.4 Å². The minimum atomic E-state index is -0.176. The molecule has 0 radical (unpaired) electrons. The third-order valence-corrected chi connectivity index (χ3v) is 5.30. The van der Waals surface area contributed by atoms with Crippen LogP contribution in [0.2, 0.25) is 10.0 Å². The molecule has 1 aromatic heterocycles. The Hall–Kier alpha value is -0.850. The number of benzene rings is 1. The topological polar surface area (TPSA) is 68.0 Å². The van der Waals surface area contributed by atoms with Crippen LogP contribution in [-0.2, 0) is 0 Å². The van der Waals surface area contributed by atoms with E-state index in [0.29, 0.717) is 28.2 Å². The van der Waals surface area contributed by atoms with E-state index < -0.39 is 0 Å². The first-order chi connectivity index (χ1) is 10.6. The Morgan fingerprint density at radius 3 is 2.74 bits per heavy atom. The number of carbonyl (C=O) groups excluding carboxylic acids is 1. The van der Waals surface area contributed by atoms with Crippen molar-refractivity contribution in [2.75, 3.05) is 6.54 Å². The van der Waals surface area contributed by atoms with Crippen molar-refractivity contribution in [2.45, 2.75) is 18.9 Å². The molecule has 0 spiro atoms. The first kappa shape index (κ1) is 18.5. The molecule has 0 bridgehead atoms. The van der Waals surface area contributed by atoms with Gasteiger partial charge in [-0.05, 0) is 30.9 Å². The minimum absolute atomic E-state index is 0. The smallest absolute Gasteiger partial charge is 0.271 e. The zero-order chi connectivity index (χ0) is 15.7. The fourth-order valence-electron chi connectivity index (χ4n) is 2.25. The lowest BCUT2D eigenvalue weighted by Gasteiger charge is -2.14. The Bertz CT molecular complexity index is 703. The fourth-order valence-corrected chi connectivity index (χ4v) is 3.35. The summed E-state index contributed by atoms with van der Waals surface area (Å²) in [6.07, 6.45) is 2.27. The number of carbonyl (C=O) groups is 1. The van der Waals surface area contributed by atoms with Crippen molar-refractivity contribution in [3.63, 3.8) is 0 Å². The quantitative estimate of drug-likeness (QED) is 0.808. The van der Waals surface area contributed by atoms with Gasteiger partial charge in [-0.15, -0.1) is 23.7 Å². The summed E-state index contributed by atoms with van der Waals surface area (Å²) in [5.41, 5.74) is 6.96. The number of hydrogen-bond donors (Lipinski definition) is 2. The number of aromatic nitrogens is 1. The zero-order valence-corrected chi connectivity index (χ0v) is 15.2. The molecule has 1 fully saturated rings. The van der Waals surface area contributed by atoms with Gasteiger partial charge >= 0.3 is 0 Å². The average molecular weight is 393 g/mol. The van der Waals surface area contributed by atoms with E-state index in [4.69, 9.17) is 28.9 Å². The minimum Gasteiger partial charge on any atom is -0.346 e. The van der Waals surface area contributed by atoms with Gasteiger partial charge in [-0.25, -0.2) is 4.98 Å². The molecule has 3 N–H and O–H groups in total. The Morgan fingerprint density at radius 1 is 1.39 bits per heavy atom. The molecule has 1 aromatic carbocycles. The van der Waals surface area contributed by atoms with Crippen LogP contribution in [0.3, 0.4) is 0 Å². The van der Waals surface area contributed by atoms with Gasteiger partial charge in [0.05, 0.1) is 10.0 Å². The van der Waals surface area contributed by atoms with Gasteiger partial charge in [-0.1, -0.05) is 29.3 Å². The van der Waals surface area contributed by atoms with Crippen LogP contribution in [0.1, 0.15) is 23.3 Å². The molecule has 4 nitrogen and oxygen atoms in total. The Labute approximate surface area is 154 Å². The summed E-state index contributed by atoms with van der Waals surface area (Å²) < 4.78 is 0. The van der Waals surface area contributed by atoms with Crippen LogP contribution in [0.15, 0.2) is 23.6 Å². The third-order valence-electron chi connectivity index (χ3n) is 3.66. The van der Waals surface area contributed by atoms with Crippen molar-refractivity contribution in [2.24, 2.45) is 11.7 Å². The van der Waals surface area contributed by atoms with Crippen molar-refractivity contribution in [1.29, 1.82) is 0 Å². The number of amides is 1. The van der Waals surface area contributed by atoms with Crippen molar-refractivity contribution >= 4 is 52.9 Å². The molecule has 1 amide bonds. The van der Waals surface area contributed by atoms with E-state index in [1.165, 1.54) is 11.3 Å². The second-order valence-electron chi connectivity index (χ2n) is 5.32. The number of halogens is 3. The summed E-state index contributed by atoms with van der Waals surface area (Å²) >= 11 is 13.3. The largest absolute Gasteiger partial charge is 0.346 e.